The maximum absolute atomic E-state index is 5.08. The second-order valence-corrected chi connectivity index (χ2v) is 4.69. The Morgan fingerprint density at radius 2 is 2.08 bits per heavy atom. The van der Waals surface area contributed by atoms with Crippen molar-refractivity contribution in [1.82, 2.24) is 4.98 Å². The second-order valence-electron chi connectivity index (χ2n) is 2.97. The van der Waals surface area contributed by atoms with E-state index in [-0.39, 0.29) is 0 Å². The van der Waals surface area contributed by atoms with Crippen LogP contribution in [0.1, 0.15) is 11.1 Å². The van der Waals surface area contributed by atoms with Gasteiger partial charge in [-0.3, -0.25) is 0 Å². The van der Waals surface area contributed by atoms with Gasteiger partial charge in [0.05, 0.1) is 10.2 Å². The van der Waals surface area contributed by atoms with Gasteiger partial charge < -0.3 is 4.98 Å². The molecule has 0 amide bonds. The first-order valence-electron chi connectivity index (χ1n) is 3.77. The molecule has 2 rings (SSSR count). The highest BCUT2D eigenvalue weighted by molar-refractivity contribution is 7.73. The summed E-state index contributed by atoms with van der Waals surface area (Å²) in [5.74, 6) is 0. The maximum atomic E-state index is 5.08. The molecule has 0 radical (unpaired) electrons. The highest BCUT2D eigenvalue weighted by atomic mass is 32.1. The van der Waals surface area contributed by atoms with Crippen LogP contribution in [-0.2, 0) is 0 Å². The lowest BCUT2D eigenvalue weighted by Crippen LogP contribution is -1.78. The van der Waals surface area contributed by atoms with E-state index in [0.29, 0.717) is 0 Å². The number of thiazole rings is 1. The van der Waals surface area contributed by atoms with Crippen molar-refractivity contribution in [2.45, 2.75) is 13.8 Å². The summed E-state index contributed by atoms with van der Waals surface area (Å²) in [5.41, 5.74) is 3.76. The van der Waals surface area contributed by atoms with Crippen molar-refractivity contribution in [1.29, 1.82) is 0 Å². The zero-order chi connectivity index (χ0) is 8.72. The van der Waals surface area contributed by atoms with Gasteiger partial charge in [-0.1, -0.05) is 6.07 Å². The predicted octanol–water partition coefficient (Wildman–Crippen LogP) is 3.58. The predicted molar refractivity (Wildman–Crippen MR) is 56.5 cm³/mol. The van der Waals surface area contributed by atoms with E-state index in [2.05, 4.69) is 31.0 Å². The summed E-state index contributed by atoms with van der Waals surface area (Å²) in [6.07, 6.45) is 0. The van der Waals surface area contributed by atoms with Crippen LogP contribution in [-0.4, -0.2) is 4.98 Å². The average molecular weight is 195 g/mol. The summed E-state index contributed by atoms with van der Waals surface area (Å²) in [6, 6.07) is 4.33. The van der Waals surface area contributed by atoms with Crippen molar-refractivity contribution in [2.24, 2.45) is 0 Å². The first-order chi connectivity index (χ1) is 5.66. The summed E-state index contributed by atoms with van der Waals surface area (Å²) >= 11 is 6.72. The summed E-state index contributed by atoms with van der Waals surface area (Å²) in [5, 5.41) is 0. The molecule has 0 fully saturated rings. The minimum absolute atomic E-state index is 0.860. The number of nitrogens with one attached hydrogen (secondary N) is 1. The molecule has 1 aromatic heterocycles. The van der Waals surface area contributed by atoms with E-state index in [9.17, 15) is 0 Å². The van der Waals surface area contributed by atoms with Gasteiger partial charge in [0.25, 0.3) is 0 Å². The molecule has 2 aromatic rings. The minimum Gasteiger partial charge on any atom is -0.337 e. The van der Waals surface area contributed by atoms with Crippen molar-refractivity contribution in [2.75, 3.05) is 0 Å². The number of benzene rings is 1. The smallest absolute Gasteiger partial charge is 0.159 e. The summed E-state index contributed by atoms with van der Waals surface area (Å²) < 4.78 is 2.12. The first kappa shape index (κ1) is 7.95. The number of aryl methyl sites for hydroxylation is 2. The number of aromatic nitrogens is 1. The molecule has 0 aliphatic rings. The number of hydrogen-bond donors (Lipinski definition) is 1. The molecule has 12 heavy (non-hydrogen) atoms. The van der Waals surface area contributed by atoms with E-state index >= 15 is 0 Å². The molecule has 0 aliphatic heterocycles. The van der Waals surface area contributed by atoms with Gasteiger partial charge in [0.2, 0.25) is 0 Å². The summed E-state index contributed by atoms with van der Waals surface area (Å²) in [7, 11) is 0. The van der Waals surface area contributed by atoms with Gasteiger partial charge in [0.1, 0.15) is 0 Å². The zero-order valence-corrected chi connectivity index (χ0v) is 8.60. The Kier molecular flexibility index (Phi) is 1.77. The Bertz CT molecular complexity index is 479. The van der Waals surface area contributed by atoms with Crippen LogP contribution in [0.4, 0.5) is 0 Å². The molecule has 1 aromatic carbocycles. The Morgan fingerprint density at radius 1 is 1.33 bits per heavy atom. The monoisotopic (exact) mass is 195 g/mol. The molecule has 0 bridgehead atoms. The first-order valence-corrected chi connectivity index (χ1v) is 4.99. The lowest BCUT2D eigenvalue weighted by Gasteiger charge is -1.96. The van der Waals surface area contributed by atoms with Gasteiger partial charge >= 0.3 is 0 Å². The van der Waals surface area contributed by atoms with Gasteiger partial charge in [-0.15, -0.1) is 11.3 Å². The van der Waals surface area contributed by atoms with Crippen LogP contribution in [0.3, 0.4) is 0 Å². The van der Waals surface area contributed by atoms with E-state index < -0.39 is 0 Å². The topological polar surface area (TPSA) is 15.8 Å². The van der Waals surface area contributed by atoms with Crippen LogP contribution in [0.2, 0.25) is 0 Å². The molecule has 62 valence electrons. The lowest BCUT2D eigenvalue weighted by atomic mass is 10.1. The molecule has 1 N–H and O–H groups in total. The molecule has 1 heterocycles. The van der Waals surface area contributed by atoms with Crippen LogP contribution >= 0.6 is 23.6 Å². The molecular weight excluding hydrogens is 186 g/mol. The van der Waals surface area contributed by atoms with Crippen LogP contribution < -0.4 is 0 Å². The molecule has 0 saturated heterocycles. The Hall–Kier alpha value is -0.670. The second kappa shape index (κ2) is 2.68. The molecule has 0 aliphatic carbocycles. The van der Waals surface area contributed by atoms with Crippen LogP contribution in [0.25, 0.3) is 10.2 Å². The normalized spacial score (nSPS) is 10.8. The minimum atomic E-state index is 0.860. The van der Waals surface area contributed by atoms with Crippen molar-refractivity contribution in [3.8, 4) is 0 Å². The Labute approximate surface area is 80.1 Å². The fraction of sp³-hybridized carbons (Fsp3) is 0.222. The molecular formula is C9H9NS2. The van der Waals surface area contributed by atoms with Crippen molar-refractivity contribution >= 4 is 33.8 Å². The molecule has 0 spiro atoms. The fourth-order valence-corrected chi connectivity index (χ4v) is 2.68. The third-order valence-electron chi connectivity index (χ3n) is 1.87. The van der Waals surface area contributed by atoms with E-state index in [4.69, 9.17) is 12.2 Å². The molecule has 3 heteroatoms. The fourth-order valence-electron chi connectivity index (χ4n) is 1.40. The Balaban J connectivity index is 2.97. The zero-order valence-electron chi connectivity index (χ0n) is 6.97. The van der Waals surface area contributed by atoms with Gasteiger partial charge in [-0.25, -0.2) is 0 Å². The number of fused-ring (bicyclic) bond motifs is 1. The molecule has 0 saturated carbocycles. The third kappa shape index (κ3) is 1.19. The number of H-pyrrole nitrogens is 1. The van der Waals surface area contributed by atoms with Crippen LogP contribution in [0, 0.1) is 17.8 Å². The van der Waals surface area contributed by atoms with E-state index in [0.717, 1.165) is 3.95 Å². The van der Waals surface area contributed by atoms with Crippen molar-refractivity contribution in [3.05, 3.63) is 27.2 Å². The standard InChI is InChI=1S/C9H9NS2/c1-5-3-6(2)8-7(4-5)12-9(11)10-8/h3-4H,1-2H3,(H,10,11). The number of aromatic amines is 1. The molecule has 0 atom stereocenters. The van der Waals surface area contributed by atoms with Gasteiger partial charge in [-0.2, -0.15) is 0 Å². The van der Waals surface area contributed by atoms with Gasteiger partial charge in [0, 0.05) is 0 Å². The SMILES string of the molecule is Cc1cc(C)c2[nH]c(=S)sc2c1. The Morgan fingerprint density at radius 3 is 2.83 bits per heavy atom. The maximum Gasteiger partial charge on any atom is 0.159 e. The largest absolute Gasteiger partial charge is 0.337 e. The quantitative estimate of drug-likeness (QED) is 0.635. The lowest BCUT2D eigenvalue weighted by molar-refractivity contribution is 1.38. The summed E-state index contributed by atoms with van der Waals surface area (Å²) in [6.45, 7) is 4.21. The molecule has 0 unspecified atom stereocenters. The third-order valence-corrected chi connectivity index (χ3v) is 3.05. The number of hydrogen-bond acceptors (Lipinski definition) is 2. The van der Waals surface area contributed by atoms with Crippen LogP contribution in [0.5, 0.6) is 0 Å². The average Bonchev–Trinajstić information content (AvgIpc) is 2.29. The van der Waals surface area contributed by atoms with E-state index in [1.807, 2.05) is 0 Å². The van der Waals surface area contributed by atoms with Crippen LogP contribution in [0.15, 0.2) is 12.1 Å². The van der Waals surface area contributed by atoms with Crippen molar-refractivity contribution < 1.29 is 0 Å². The highest BCUT2D eigenvalue weighted by Gasteiger charge is 2.00. The molecule has 1 nitrogen and oxygen atoms in total. The summed E-state index contributed by atoms with van der Waals surface area (Å²) in [4.78, 5) is 3.19. The van der Waals surface area contributed by atoms with E-state index in [1.54, 1.807) is 11.3 Å². The highest BCUT2D eigenvalue weighted by Crippen LogP contribution is 2.23. The van der Waals surface area contributed by atoms with Gasteiger partial charge in [0.15, 0.2) is 3.95 Å². The number of rotatable bonds is 0. The van der Waals surface area contributed by atoms with Crippen molar-refractivity contribution in [3.63, 3.8) is 0 Å². The van der Waals surface area contributed by atoms with Gasteiger partial charge in [-0.05, 0) is 43.3 Å². The van der Waals surface area contributed by atoms with E-state index in [1.165, 1.54) is 21.3 Å².